The van der Waals surface area contributed by atoms with Crippen LogP contribution in [-0.4, -0.2) is 42.4 Å². The van der Waals surface area contributed by atoms with Gasteiger partial charge in [0, 0.05) is 24.7 Å². The van der Waals surface area contributed by atoms with Crippen molar-refractivity contribution in [1.82, 2.24) is 15.5 Å². The van der Waals surface area contributed by atoms with E-state index in [1.54, 1.807) is 12.1 Å². The van der Waals surface area contributed by atoms with Gasteiger partial charge in [-0.25, -0.2) is 0 Å². The third kappa shape index (κ3) is 5.83. The van der Waals surface area contributed by atoms with Gasteiger partial charge in [0.1, 0.15) is 6.04 Å². The van der Waals surface area contributed by atoms with E-state index in [-0.39, 0.29) is 24.2 Å². The average molecular weight is 428 g/mol. The maximum Gasteiger partial charge on any atom is 0.252 e. The molecule has 30 heavy (non-hydrogen) atoms. The number of likely N-dealkylation sites (tertiary alicyclic amines) is 1. The van der Waals surface area contributed by atoms with Gasteiger partial charge >= 0.3 is 0 Å². The van der Waals surface area contributed by atoms with E-state index in [0.29, 0.717) is 11.6 Å². The van der Waals surface area contributed by atoms with Gasteiger partial charge in [-0.15, -0.1) is 12.4 Å². The minimum atomic E-state index is -0.667. The summed E-state index contributed by atoms with van der Waals surface area (Å²) in [6.07, 6.45) is 4.63. The van der Waals surface area contributed by atoms with Crippen LogP contribution in [0.1, 0.15) is 47.6 Å². The van der Waals surface area contributed by atoms with Gasteiger partial charge in [0.25, 0.3) is 5.91 Å². The Balaban J connectivity index is 0.00000256. The number of halogens is 1. The fourth-order valence-electron chi connectivity index (χ4n) is 3.88. The first-order chi connectivity index (χ1) is 14.2. The summed E-state index contributed by atoms with van der Waals surface area (Å²) in [5.74, 6) is 0.611. The highest BCUT2D eigenvalue weighted by Gasteiger charge is 2.31. The van der Waals surface area contributed by atoms with Crippen molar-refractivity contribution >= 4 is 24.2 Å². The Morgan fingerprint density at radius 2 is 1.50 bits per heavy atom. The first kappa shape index (κ1) is 22.3. The lowest BCUT2D eigenvalue weighted by molar-refractivity contribution is -0.134. The van der Waals surface area contributed by atoms with Crippen LogP contribution in [0.4, 0.5) is 0 Å². The van der Waals surface area contributed by atoms with Crippen molar-refractivity contribution in [2.24, 2.45) is 5.92 Å². The number of rotatable bonds is 7. The normalized spacial score (nSPS) is 17.7. The van der Waals surface area contributed by atoms with Crippen molar-refractivity contribution in [1.29, 1.82) is 0 Å². The highest BCUT2D eigenvalue weighted by molar-refractivity contribution is 5.97. The molecule has 1 saturated carbocycles. The van der Waals surface area contributed by atoms with Gasteiger partial charge in [-0.2, -0.15) is 0 Å². The molecule has 0 aromatic heterocycles. The van der Waals surface area contributed by atoms with E-state index in [2.05, 4.69) is 10.6 Å². The van der Waals surface area contributed by atoms with Gasteiger partial charge in [0.05, 0.1) is 0 Å². The van der Waals surface area contributed by atoms with Crippen LogP contribution in [0.15, 0.2) is 60.7 Å². The van der Waals surface area contributed by atoms with Gasteiger partial charge in [-0.1, -0.05) is 48.5 Å². The Labute approximate surface area is 184 Å². The second-order valence-electron chi connectivity index (χ2n) is 8.13. The zero-order valence-corrected chi connectivity index (χ0v) is 17.9. The molecule has 2 aromatic rings. The molecule has 2 amide bonds. The van der Waals surface area contributed by atoms with E-state index >= 15 is 0 Å². The molecule has 4 rings (SSSR count). The maximum atomic E-state index is 13.3. The molecule has 1 heterocycles. The van der Waals surface area contributed by atoms with Crippen LogP contribution in [-0.2, 0) is 4.79 Å². The van der Waals surface area contributed by atoms with E-state index in [1.807, 2.05) is 53.4 Å². The number of piperidine rings is 1. The lowest BCUT2D eigenvalue weighted by Crippen LogP contribution is -2.49. The van der Waals surface area contributed by atoms with Gasteiger partial charge in [-0.05, 0) is 55.8 Å². The van der Waals surface area contributed by atoms with E-state index in [1.165, 1.54) is 12.8 Å². The summed E-state index contributed by atoms with van der Waals surface area (Å²) in [6, 6.07) is 18.4. The van der Waals surface area contributed by atoms with Crippen molar-refractivity contribution in [3.8, 4) is 0 Å². The van der Waals surface area contributed by atoms with Crippen molar-refractivity contribution in [3.63, 3.8) is 0 Å². The Bertz CT molecular complexity index is 819. The zero-order valence-electron chi connectivity index (χ0n) is 17.1. The van der Waals surface area contributed by atoms with Crippen LogP contribution in [0.2, 0.25) is 0 Å². The van der Waals surface area contributed by atoms with E-state index < -0.39 is 6.04 Å². The summed E-state index contributed by atoms with van der Waals surface area (Å²) < 4.78 is 0. The topological polar surface area (TPSA) is 61.4 Å². The Hall–Kier alpha value is -2.37. The molecule has 6 heteroatoms. The molecule has 0 bridgehead atoms. The third-order valence-corrected chi connectivity index (χ3v) is 5.89. The molecule has 2 fully saturated rings. The fraction of sp³-hybridized carbons (Fsp3) is 0.417. The van der Waals surface area contributed by atoms with Crippen LogP contribution < -0.4 is 10.6 Å². The SMILES string of the molecule is Cl.O=C(NC(C(=O)N1CCC(NCC2CC2)CC1)c1ccccc1)c1ccccc1. The molecule has 5 nitrogen and oxygen atoms in total. The van der Waals surface area contributed by atoms with Crippen LogP contribution in [0.5, 0.6) is 0 Å². The van der Waals surface area contributed by atoms with Crippen molar-refractivity contribution in [3.05, 3.63) is 71.8 Å². The Morgan fingerprint density at radius 3 is 2.10 bits per heavy atom. The van der Waals surface area contributed by atoms with Crippen LogP contribution >= 0.6 is 12.4 Å². The summed E-state index contributed by atoms with van der Waals surface area (Å²) >= 11 is 0. The highest BCUT2D eigenvalue weighted by Crippen LogP contribution is 2.28. The Kier molecular flexibility index (Phi) is 7.88. The number of amides is 2. The van der Waals surface area contributed by atoms with Crippen LogP contribution in [0, 0.1) is 5.92 Å². The molecule has 1 aliphatic heterocycles. The standard InChI is InChI=1S/C24H29N3O2.ClH/c28-23(20-9-5-2-6-10-20)26-22(19-7-3-1-4-8-19)24(29)27-15-13-21(14-16-27)25-17-18-11-12-18;/h1-10,18,21-22,25H,11-17H2,(H,26,28);1H. The summed E-state index contributed by atoms with van der Waals surface area (Å²) in [7, 11) is 0. The molecule has 0 radical (unpaired) electrons. The number of nitrogens with one attached hydrogen (secondary N) is 2. The van der Waals surface area contributed by atoms with Gasteiger partial charge in [-0.3, -0.25) is 9.59 Å². The lowest BCUT2D eigenvalue weighted by atomic mass is 10.0. The molecule has 160 valence electrons. The molecule has 1 aliphatic carbocycles. The molecule has 2 aromatic carbocycles. The van der Waals surface area contributed by atoms with E-state index in [9.17, 15) is 9.59 Å². The van der Waals surface area contributed by atoms with E-state index in [0.717, 1.165) is 44.0 Å². The van der Waals surface area contributed by atoms with Gasteiger partial charge in [0.2, 0.25) is 5.91 Å². The monoisotopic (exact) mass is 427 g/mol. The first-order valence-corrected chi connectivity index (χ1v) is 10.6. The predicted octanol–water partition coefficient (Wildman–Crippen LogP) is 3.57. The molecule has 1 saturated heterocycles. The molecule has 1 unspecified atom stereocenters. The second kappa shape index (κ2) is 10.6. The third-order valence-electron chi connectivity index (χ3n) is 5.89. The molecule has 2 aliphatic rings. The number of carbonyl (C=O) groups is 2. The van der Waals surface area contributed by atoms with E-state index in [4.69, 9.17) is 0 Å². The minimum absolute atomic E-state index is 0. The summed E-state index contributed by atoms with van der Waals surface area (Å²) in [4.78, 5) is 28.0. The summed E-state index contributed by atoms with van der Waals surface area (Å²) in [5.41, 5.74) is 1.37. The number of benzene rings is 2. The molecule has 0 spiro atoms. The predicted molar refractivity (Wildman–Crippen MR) is 121 cm³/mol. The van der Waals surface area contributed by atoms with Crippen molar-refractivity contribution in [2.75, 3.05) is 19.6 Å². The fourth-order valence-corrected chi connectivity index (χ4v) is 3.88. The molecular weight excluding hydrogens is 398 g/mol. The van der Waals surface area contributed by atoms with Crippen LogP contribution in [0.3, 0.4) is 0 Å². The summed E-state index contributed by atoms with van der Waals surface area (Å²) in [5, 5.41) is 6.61. The summed E-state index contributed by atoms with van der Waals surface area (Å²) in [6.45, 7) is 2.57. The number of carbonyl (C=O) groups excluding carboxylic acids is 2. The quantitative estimate of drug-likeness (QED) is 0.710. The van der Waals surface area contributed by atoms with Crippen molar-refractivity contribution in [2.45, 2.75) is 37.8 Å². The smallest absolute Gasteiger partial charge is 0.252 e. The molecule has 2 N–H and O–H groups in total. The average Bonchev–Trinajstić information content (AvgIpc) is 3.61. The second-order valence-corrected chi connectivity index (χ2v) is 8.13. The number of nitrogens with zero attached hydrogens (tertiary/aromatic N) is 1. The highest BCUT2D eigenvalue weighted by atomic mass is 35.5. The minimum Gasteiger partial charge on any atom is -0.340 e. The van der Waals surface area contributed by atoms with Gasteiger partial charge < -0.3 is 15.5 Å². The number of hydrogen-bond donors (Lipinski definition) is 2. The van der Waals surface area contributed by atoms with Gasteiger partial charge in [0.15, 0.2) is 0 Å². The lowest BCUT2D eigenvalue weighted by Gasteiger charge is -2.35. The zero-order chi connectivity index (χ0) is 20.1. The first-order valence-electron chi connectivity index (χ1n) is 10.6. The molecule has 1 atom stereocenters. The Morgan fingerprint density at radius 1 is 0.900 bits per heavy atom. The largest absolute Gasteiger partial charge is 0.340 e. The van der Waals surface area contributed by atoms with Crippen LogP contribution in [0.25, 0.3) is 0 Å². The maximum absolute atomic E-state index is 13.3. The molecular formula is C24H30ClN3O2. The van der Waals surface area contributed by atoms with Crippen molar-refractivity contribution < 1.29 is 9.59 Å². The number of hydrogen-bond acceptors (Lipinski definition) is 3.